The van der Waals surface area contributed by atoms with Crippen molar-refractivity contribution in [2.45, 2.75) is 26.1 Å². The first kappa shape index (κ1) is 15.0. The molecule has 1 heterocycles. The lowest BCUT2D eigenvalue weighted by Gasteiger charge is -2.23. The lowest BCUT2D eigenvalue weighted by molar-refractivity contribution is 0.220. The molecule has 2 rings (SSSR count). The Morgan fingerprint density at radius 1 is 1.40 bits per heavy atom. The van der Waals surface area contributed by atoms with E-state index in [4.69, 9.17) is 16.1 Å². The van der Waals surface area contributed by atoms with E-state index in [-0.39, 0.29) is 6.04 Å². The third-order valence-electron chi connectivity index (χ3n) is 3.36. The molecule has 0 aliphatic heterocycles. The maximum atomic E-state index is 6.04. The van der Waals surface area contributed by atoms with E-state index >= 15 is 0 Å². The van der Waals surface area contributed by atoms with E-state index in [0.29, 0.717) is 6.54 Å². The van der Waals surface area contributed by atoms with Crippen molar-refractivity contribution in [2.24, 2.45) is 0 Å². The fraction of sp³-hybridized carbons (Fsp3) is 0.400. The van der Waals surface area contributed by atoms with Crippen molar-refractivity contribution < 1.29 is 4.52 Å². The summed E-state index contributed by atoms with van der Waals surface area (Å²) >= 11 is 6.04. The molecule has 2 aromatic rings. The topological polar surface area (TPSA) is 41.3 Å². The summed E-state index contributed by atoms with van der Waals surface area (Å²) in [5, 5.41) is 7.84. The fourth-order valence-electron chi connectivity index (χ4n) is 2.10. The van der Waals surface area contributed by atoms with E-state index in [0.717, 1.165) is 23.0 Å². The zero-order valence-electron chi connectivity index (χ0n) is 12.1. The van der Waals surface area contributed by atoms with Gasteiger partial charge in [0, 0.05) is 23.7 Å². The smallest absolute Gasteiger partial charge is 0.151 e. The van der Waals surface area contributed by atoms with Crippen molar-refractivity contribution in [3.05, 3.63) is 52.4 Å². The van der Waals surface area contributed by atoms with Crippen LogP contribution in [0, 0.1) is 0 Å². The standard InChI is InChI=1S/C15H20ClN3O/c1-11(12-5-4-6-13(16)7-12)19(3)10-15-8-14(9-17-2)18-20-15/h4-8,11,17H,9-10H2,1-3H3. The summed E-state index contributed by atoms with van der Waals surface area (Å²) in [7, 11) is 3.95. The Bertz CT molecular complexity index is 556. The van der Waals surface area contributed by atoms with E-state index < -0.39 is 0 Å². The quantitative estimate of drug-likeness (QED) is 0.888. The summed E-state index contributed by atoms with van der Waals surface area (Å²) in [4.78, 5) is 2.20. The zero-order valence-corrected chi connectivity index (χ0v) is 12.8. The van der Waals surface area contributed by atoms with Gasteiger partial charge in [-0.15, -0.1) is 0 Å². The Morgan fingerprint density at radius 2 is 2.20 bits per heavy atom. The molecule has 0 bridgehead atoms. The highest BCUT2D eigenvalue weighted by Crippen LogP contribution is 2.23. The van der Waals surface area contributed by atoms with Crippen LogP contribution in [0.1, 0.15) is 30.0 Å². The van der Waals surface area contributed by atoms with Crippen molar-refractivity contribution in [1.82, 2.24) is 15.4 Å². The lowest BCUT2D eigenvalue weighted by atomic mass is 10.1. The third-order valence-corrected chi connectivity index (χ3v) is 3.60. The van der Waals surface area contributed by atoms with Crippen LogP contribution >= 0.6 is 11.6 Å². The van der Waals surface area contributed by atoms with Gasteiger partial charge < -0.3 is 9.84 Å². The normalized spacial score (nSPS) is 12.8. The van der Waals surface area contributed by atoms with Crippen molar-refractivity contribution >= 4 is 11.6 Å². The molecule has 0 spiro atoms. The molecular formula is C15H20ClN3O. The van der Waals surface area contributed by atoms with Crippen LogP contribution in [0.15, 0.2) is 34.9 Å². The number of nitrogens with zero attached hydrogens (tertiary/aromatic N) is 2. The number of hydrogen-bond donors (Lipinski definition) is 1. The van der Waals surface area contributed by atoms with Crippen LogP contribution < -0.4 is 5.32 Å². The van der Waals surface area contributed by atoms with Gasteiger partial charge in [0.1, 0.15) is 0 Å². The molecule has 1 atom stereocenters. The first-order valence-corrected chi connectivity index (χ1v) is 7.02. The van der Waals surface area contributed by atoms with Crippen LogP contribution in [0.25, 0.3) is 0 Å². The maximum Gasteiger partial charge on any atom is 0.151 e. The van der Waals surface area contributed by atoms with Gasteiger partial charge >= 0.3 is 0 Å². The van der Waals surface area contributed by atoms with Crippen molar-refractivity contribution in [2.75, 3.05) is 14.1 Å². The molecule has 0 amide bonds. The van der Waals surface area contributed by atoms with Gasteiger partial charge in [-0.05, 0) is 38.7 Å². The molecule has 1 unspecified atom stereocenters. The monoisotopic (exact) mass is 293 g/mol. The molecule has 1 N–H and O–H groups in total. The highest BCUT2D eigenvalue weighted by molar-refractivity contribution is 6.30. The average Bonchev–Trinajstić information content (AvgIpc) is 2.85. The lowest BCUT2D eigenvalue weighted by Crippen LogP contribution is -2.21. The van der Waals surface area contributed by atoms with Gasteiger partial charge in [0.25, 0.3) is 0 Å². The fourth-order valence-corrected chi connectivity index (χ4v) is 2.30. The van der Waals surface area contributed by atoms with Gasteiger partial charge in [0.05, 0.1) is 12.2 Å². The van der Waals surface area contributed by atoms with Gasteiger partial charge in [-0.1, -0.05) is 28.9 Å². The van der Waals surface area contributed by atoms with Gasteiger partial charge in [-0.25, -0.2) is 0 Å². The summed E-state index contributed by atoms with van der Waals surface area (Å²) < 4.78 is 5.34. The molecule has 0 saturated heterocycles. The van der Waals surface area contributed by atoms with Crippen molar-refractivity contribution in [1.29, 1.82) is 0 Å². The van der Waals surface area contributed by atoms with E-state index in [9.17, 15) is 0 Å². The van der Waals surface area contributed by atoms with Gasteiger partial charge in [0.15, 0.2) is 5.76 Å². The predicted octanol–water partition coefficient (Wildman–Crippen LogP) is 3.24. The second-order valence-electron chi connectivity index (χ2n) is 4.96. The van der Waals surface area contributed by atoms with Gasteiger partial charge in [-0.2, -0.15) is 0 Å². The van der Waals surface area contributed by atoms with E-state index in [1.807, 2.05) is 31.3 Å². The molecule has 1 aromatic carbocycles. The van der Waals surface area contributed by atoms with Crippen LogP contribution in [-0.4, -0.2) is 24.2 Å². The van der Waals surface area contributed by atoms with Crippen LogP contribution in [-0.2, 0) is 13.1 Å². The average molecular weight is 294 g/mol. The highest BCUT2D eigenvalue weighted by Gasteiger charge is 2.14. The first-order valence-electron chi connectivity index (χ1n) is 6.65. The molecular weight excluding hydrogens is 274 g/mol. The SMILES string of the molecule is CNCc1cc(CN(C)C(C)c2cccc(Cl)c2)on1. The summed E-state index contributed by atoms with van der Waals surface area (Å²) in [6.07, 6.45) is 0. The maximum absolute atomic E-state index is 6.04. The summed E-state index contributed by atoms with van der Waals surface area (Å²) in [5.74, 6) is 0.867. The molecule has 1 aromatic heterocycles. The molecule has 4 nitrogen and oxygen atoms in total. The number of aromatic nitrogens is 1. The molecule has 20 heavy (non-hydrogen) atoms. The Balaban J connectivity index is 2.01. The first-order chi connectivity index (χ1) is 9.60. The summed E-state index contributed by atoms with van der Waals surface area (Å²) in [6.45, 7) is 3.58. The Morgan fingerprint density at radius 3 is 2.90 bits per heavy atom. The largest absolute Gasteiger partial charge is 0.360 e. The number of halogens is 1. The predicted molar refractivity (Wildman–Crippen MR) is 80.6 cm³/mol. The molecule has 0 saturated carbocycles. The molecule has 0 fully saturated rings. The second-order valence-corrected chi connectivity index (χ2v) is 5.40. The van der Waals surface area contributed by atoms with E-state index in [2.05, 4.69) is 35.4 Å². The second kappa shape index (κ2) is 6.88. The molecule has 108 valence electrons. The summed E-state index contributed by atoms with van der Waals surface area (Å²) in [6, 6.07) is 10.2. The molecule has 0 aliphatic carbocycles. The molecule has 0 radical (unpaired) electrons. The Kier molecular flexibility index (Phi) is 5.17. The highest BCUT2D eigenvalue weighted by atomic mass is 35.5. The minimum Gasteiger partial charge on any atom is -0.360 e. The molecule has 0 aliphatic rings. The number of benzene rings is 1. The number of nitrogens with one attached hydrogen (secondary N) is 1. The van der Waals surface area contributed by atoms with Gasteiger partial charge in [0.2, 0.25) is 0 Å². The van der Waals surface area contributed by atoms with Crippen LogP contribution in [0.5, 0.6) is 0 Å². The minimum absolute atomic E-state index is 0.256. The Labute approximate surface area is 124 Å². The third kappa shape index (κ3) is 3.82. The Hall–Kier alpha value is -1.36. The van der Waals surface area contributed by atoms with Crippen molar-refractivity contribution in [3.8, 4) is 0 Å². The van der Waals surface area contributed by atoms with Gasteiger partial charge in [-0.3, -0.25) is 4.90 Å². The zero-order chi connectivity index (χ0) is 14.5. The van der Waals surface area contributed by atoms with Crippen LogP contribution in [0.4, 0.5) is 0 Å². The number of rotatable bonds is 6. The van der Waals surface area contributed by atoms with E-state index in [1.54, 1.807) is 0 Å². The summed E-state index contributed by atoms with van der Waals surface area (Å²) in [5.41, 5.74) is 2.11. The molecule has 5 heteroatoms. The van der Waals surface area contributed by atoms with Crippen LogP contribution in [0.3, 0.4) is 0 Å². The van der Waals surface area contributed by atoms with E-state index in [1.165, 1.54) is 5.56 Å². The van der Waals surface area contributed by atoms with Crippen molar-refractivity contribution in [3.63, 3.8) is 0 Å². The van der Waals surface area contributed by atoms with Crippen LogP contribution in [0.2, 0.25) is 5.02 Å². The number of hydrogen-bond acceptors (Lipinski definition) is 4. The minimum atomic E-state index is 0.256.